The van der Waals surface area contributed by atoms with Crippen LogP contribution in [0.1, 0.15) is 11.8 Å². The quantitative estimate of drug-likeness (QED) is 0.822. The Balaban J connectivity index is 1.76. The Kier molecular flexibility index (Phi) is 5.75. The van der Waals surface area contributed by atoms with Crippen LogP contribution in [0.15, 0.2) is 45.9 Å². The van der Waals surface area contributed by atoms with E-state index >= 15 is 0 Å². The maximum atomic E-state index is 13.3. The first-order valence-electron chi connectivity index (χ1n) is 7.77. The molecule has 0 spiro atoms. The van der Waals surface area contributed by atoms with Gasteiger partial charge in [-0.25, -0.2) is 17.5 Å². The van der Waals surface area contributed by atoms with Crippen LogP contribution in [0.4, 0.5) is 4.39 Å². The molecule has 3 rings (SSSR count). The zero-order valence-corrected chi connectivity index (χ0v) is 14.9. The summed E-state index contributed by atoms with van der Waals surface area (Å²) in [4.78, 5) is 2.02. The molecular weight excluding hydrogens is 371 g/mol. The Hall–Kier alpha value is -1.45. The van der Waals surface area contributed by atoms with E-state index in [1.807, 2.05) is 6.07 Å². The number of nitrogens with one attached hydrogen (secondary N) is 1. The minimum atomic E-state index is -3.83. The van der Waals surface area contributed by atoms with Gasteiger partial charge in [-0.05, 0) is 30.3 Å². The third kappa shape index (κ3) is 4.39. The molecule has 1 unspecified atom stereocenters. The van der Waals surface area contributed by atoms with Gasteiger partial charge in [-0.2, -0.15) is 0 Å². The number of benzene rings is 1. The summed E-state index contributed by atoms with van der Waals surface area (Å²) in [6, 6.07) is 6.61. The first-order chi connectivity index (χ1) is 12.0. The summed E-state index contributed by atoms with van der Waals surface area (Å²) < 4.78 is 51.6. The van der Waals surface area contributed by atoms with Crippen molar-refractivity contribution in [3.05, 3.63) is 53.2 Å². The molecule has 25 heavy (non-hydrogen) atoms. The number of morpholine rings is 1. The molecule has 1 N–H and O–H groups in total. The van der Waals surface area contributed by atoms with Crippen LogP contribution in [-0.4, -0.2) is 46.2 Å². The maximum absolute atomic E-state index is 13.3. The molecule has 6 nitrogen and oxygen atoms in total. The Bertz CT molecular complexity index is 808. The standard InChI is InChI=1S/C16H18ClFN2O4S/c17-13-10-12(3-4-14(13)18)25(21,22)19-11-15(16-2-1-7-24-16)20-5-8-23-9-6-20/h1-4,7,10,15,19H,5-6,8-9,11H2. The predicted molar refractivity (Wildman–Crippen MR) is 90.4 cm³/mol. The van der Waals surface area contributed by atoms with Gasteiger partial charge in [0.1, 0.15) is 11.6 Å². The number of hydrogen-bond donors (Lipinski definition) is 1. The molecule has 1 aliphatic rings. The fraction of sp³-hybridized carbons (Fsp3) is 0.375. The van der Waals surface area contributed by atoms with Crippen LogP contribution in [-0.2, 0) is 14.8 Å². The van der Waals surface area contributed by atoms with Crippen LogP contribution in [0, 0.1) is 5.82 Å². The number of nitrogens with zero attached hydrogens (tertiary/aromatic N) is 1. The van der Waals surface area contributed by atoms with E-state index in [4.69, 9.17) is 20.8 Å². The van der Waals surface area contributed by atoms with Gasteiger partial charge in [0.05, 0.1) is 35.4 Å². The van der Waals surface area contributed by atoms with Crippen LogP contribution in [0.2, 0.25) is 5.02 Å². The van der Waals surface area contributed by atoms with Crippen LogP contribution in [0.25, 0.3) is 0 Å². The molecule has 1 saturated heterocycles. The molecule has 0 saturated carbocycles. The Morgan fingerprint density at radius 1 is 1.28 bits per heavy atom. The minimum Gasteiger partial charge on any atom is -0.468 e. The van der Waals surface area contributed by atoms with Crippen molar-refractivity contribution < 1.29 is 22.0 Å². The summed E-state index contributed by atoms with van der Waals surface area (Å²) in [5.41, 5.74) is 0. The number of rotatable bonds is 6. The molecule has 1 aromatic heterocycles. The van der Waals surface area contributed by atoms with Crippen molar-refractivity contribution in [2.24, 2.45) is 0 Å². The molecule has 0 aliphatic carbocycles. The van der Waals surface area contributed by atoms with Crippen molar-refractivity contribution in [2.75, 3.05) is 32.8 Å². The second kappa shape index (κ2) is 7.84. The highest BCUT2D eigenvalue weighted by atomic mass is 35.5. The lowest BCUT2D eigenvalue weighted by molar-refractivity contribution is 0.0128. The van der Waals surface area contributed by atoms with Crippen molar-refractivity contribution in [2.45, 2.75) is 10.9 Å². The van der Waals surface area contributed by atoms with E-state index in [0.717, 1.165) is 12.1 Å². The summed E-state index contributed by atoms with van der Waals surface area (Å²) in [5.74, 6) is 0.00383. The lowest BCUT2D eigenvalue weighted by Gasteiger charge is -2.33. The summed E-state index contributed by atoms with van der Waals surface area (Å²) in [5, 5.41) is -0.237. The molecular formula is C16H18ClFN2O4S. The number of hydrogen-bond acceptors (Lipinski definition) is 5. The Labute approximate surface area is 150 Å². The summed E-state index contributed by atoms with van der Waals surface area (Å²) in [6.07, 6.45) is 1.55. The lowest BCUT2D eigenvalue weighted by atomic mass is 10.2. The molecule has 2 aromatic rings. The zero-order chi connectivity index (χ0) is 17.9. The highest BCUT2D eigenvalue weighted by molar-refractivity contribution is 7.89. The molecule has 136 valence electrons. The second-order valence-corrected chi connectivity index (χ2v) is 7.78. The molecule has 9 heteroatoms. The average molecular weight is 389 g/mol. The van der Waals surface area contributed by atoms with E-state index in [0.29, 0.717) is 32.1 Å². The van der Waals surface area contributed by atoms with Crippen LogP contribution in [0.5, 0.6) is 0 Å². The molecule has 0 amide bonds. The van der Waals surface area contributed by atoms with Gasteiger partial charge in [-0.3, -0.25) is 4.90 Å². The van der Waals surface area contributed by atoms with Crippen LogP contribution >= 0.6 is 11.6 Å². The third-order valence-corrected chi connectivity index (χ3v) is 5.74. The summed E-state index contributed by atoms with van der Waals surface area (Å²) in [7, 11) is -3.83. The first kappa shape index (κ1) is 18.3. The van der Waals surface area contributed by atoms with E-state index in [9.17, 15) is 12.8 Å². The van der Waals surface area contributed by atoms with Gasteiger partial charge in [0, 0.05) is 19.6 Å². The summed E-state index contributed by atoms with van der Waals surface area (Å²) >= 11 is 5.68. The van der Waals surface area contributed by atoms with Crippen molar-refractivity contribution in [1.29, 1.82) is 0 Å². The van der Waals surface area contributed by atoms with E-state index in [2.05, 4.69) is 9.62 Å². The van der Waals surface area contributed by atoms with E-state index in [1.54, 1.807) is 12.3 Å². The van der Waals surface area contributed by atoms with E-state index < -0.39 is 15.8 Å². The van der Waals surface area contributed by atoms with Crippen molar-refractivity contribution in [3.63, 3.8) is 0 Å². The van der Waals surface area contributed by atoms with Gasteiger partial charge in [0.2, 0.25) is 10.0 Å². The molecule has 1 atom stereocenters. The fourth-order valence-electron chi connectivity index (χ4n) is 2.70. The number of ether oxygens (including phenoxy) is 1. The maximum Gasteiger partial charge on any atom is 0.240 e. The fourth-order valence-corrected chi connectivity index (χ4v) is 4.01. The molecule has 1 aliphatic heterocycles. The van der Waals surface area contributed by atoms with Gasteiger partial charge in [-0.1, -0.05) is 11.6 Å². The van der Waals surface area contributed by atoms with Gasteiger partial charge in [0.25, 0.3) is 0 Å². The zero-order valence-electron chi connectivity index (χ0n) is 13.3. The van der Waals surface area contributed by atoms with Crippen LogP contribution < -0.4 is 4.72 Å². The van der Waals surface area contributed by atoms with Gasteiger partial charge < -0.3 is 9.15 Å². The van der Waals surface area contributed by atoms with E-state index in [1.165, 1.54) is 6.07 Å². The topological polar surface area (TPSA) is 71.8 Å². The SMILES string of the molecule is O=S(=O)(NCC(c1ccco1)N1CCOCC1)c1ccc(F)c(Cl)c1. The Morgan fingerprint density at radius 2 is 2.04 bits per heavy atom. The van der Waals surface area contributed by atoms with Gasteiger partial charge in [0.15, 0.2) is 0 Å². The first-order valence-corrected chi connectivity index (χ1v) is 9.63. The van der Waals surface area contributed by atoms with Gasteiger partial charge in [-0.15, -0.1) is 0 Å². The highest BCUT2D eigenvalue weighted by Crippen LogP contribution is 2.23. The highest BCUT2D eigenvalue weighted by Gasteiger charge is 2.27. The molecule has 1 fully saturated rings. The predicted octanol–water partition coefficient (Wildman–Crippen LogP) is 2.42. The molecule has 2 heterocycles. The lowest BCUT2D eigenvalue weighted by Crippen LogP contribution is -2.43. The van der Waals surface area contributed by atoms with Crippen molar-refractivity contribution in [1.82, 2.24) is 9.62 Å². The van der Waals surface area contributed by atoms with Crippen molar-refractivity contribution >= 4 is 21.6 Å². The smallest absolute Gasteiger partial charge is 0.240 e. The molecule has 1 aromatic carbocycles. The summed E-state index contributed by atoms with van der Waals surface area (Å²) in [6.45, 7) is 2.63. The van der Waals surface area contributed by atoms with Crippen molar-refractivity contribution in [3.8, 4) is 0 Å². The largest absolute Gasteiger partial charge is 0.468 e. The number of furan rings is 1. The average Bonchev–Trinajstić information content (AvgIpc) is 3.12. The van der Waals surface area contributed by atoms with Crippen LogP contribution in [0.3, 0.4) is 0 Å². The molecule has 0 bridgehead atoms. The van der Waals surface area contributed by atoms with Gasteiger partial charge >= 0.3 is 0 Å². The monoisotopic (exact) mass is 388 g/mol. The third-order valence-electron chi connectivity index (χ3n) is 4.03. The molecule has 0 radical (unpaired) electrons. The number of sulfonamides is 1. The van der Waals surface area contributed by atoms with E-state index in [-0.39, 0.29) is 22.5 Å². The second-order valence-electron chi connectivity index (χ2n) is 5.61. The minimum absolute atomic E-state index is 0.0842. The Morgan fingerprint density at radius 3 is 2.68 bits per heavy atom. The normalized spacial score (nSPS) is 17.5. The number of halogens is 2.